The van der Waals surface area contributed by atoms with E-state index in [2.05, 4.69) is 29.2 Å². The molecule has 0 unspecified atom stereocenters. The van der Waals surface area contributed by atoms with E-state index in [4.69, 9.17) is 4.98 Å². The van der Waals surface area contributed by atoms with Gasteiger partial charge in [-0.15, -0.1) is 0 Å². The number of aromatic amines is 1. The van der Waals surface area contributed by atoms with E-state index in [0.29, 0.717) is 0 Å². The molecular formula is C19H22N2O. The van der Waals surface area contributed by atoms with Crippen molar-refractivity contribution in [1.29, 1.82) is 0 Å². The van der Waals surface area contributed by atoms with Crippen LogP contribution in [0.25, 0.3) is 11.3 Å². The lowest BCUT2D eigenvalue weighted by Crippen LogP contribution is -2.41. The molecule has 3 nitrogen and oxygen atoms in total. The Labute approximate surface area is 130 Å². The first kappa shape index (κ1) is 13.7. The standard InChI is InChI=1S/C19H22N2O/c1-2-15-20-17-14-9-5-4-8-13(14)12-19(10-6-3-7-11-19)16(17)18(22)21-15/h4-5,8-9H,2-3,6-7,10-12H2,1H3,(H,20,21,22). The molecule has 0 saturated heterocycles. The maximum absolute atomic E-state index is 12.8. The molecule has 1 aromatic carbocycles. The first-order chi connectivity index (χ1) is 10.7. The van der Waals surface area contributed by atoms with Gasteiger partial charge in [0.2, 0.25) is 0 Å². The highest BCUT2D eigenvalue weighted by Gasteiger charge is 2.42. The number of fused-ring (bicyclic) bond motifs is 4. The predicted octanol–water partition coefficient (Wildman–Crippen LogP) is 3.76. The largest absolute Gasteiger partial charge is 0.310 e. The van der Waals surface area contributed by atoms with Gasteiger partial charge in [-0.25, -0.2) is 4.98 Å². The predicted molar refractivity (Wildman–Crippen MR) is 88.1 cm³/mol. The summed E-state index contributed by atoms with van der Waals surface area (Å²) in [6.45, 7) is 2.04. The van der Waals surface area contributed by atoms with Gasteiger partial charge in [0.25, 0.3) is 5.56 Å². The van der Waals surface area contributed by atoms with Crippen LogP contribution in [0.2, 0.25) is 0 Å². The van der Waals surface area contributed by atoms with Crippen LogP contribution in [-0.2, 0) is 18.3 Å². The van der Waals surface area contributed by atoms with Crippen molar-refractivity contribution in [3.63, 3.8) is 0 Å². The van der Waals surface area contributed by atoms with Crippen molar-refractivity contribution >= 4 is 0 Å². The molecule has 4 rings (SSSR count). The Morgan fingerprint density at radius 2 is 1.95 bits per heavy atom. The Bertz CT molecular complexity index is 769. The molecule has 0 radical (unpaired) electrons. The molecule has 2 aromatic rings. The number of aromatic nitrogens is 2. The highest BCUT2D eigenvalue weighted by Crippen LogP contribution is 2.48. The van der Waals surface area contributed by atoms with E-state index in [1.54, 1.807) is 0 Å². The van der Waals surface area contributed by atoms with E-state index in [1.807, 2.05) is 6.92 Å². The molecule has 2 aliphatic carbocycles. The van der Waals surface area contributed by atoms with E-state index in [0.717, 1.165) is 48.3 Å². The molecule has 0 aliphatic heterocycles. The Balaban J connectivity index is 2.02. The summed E-state index contributed by atoms with van der Waals surface area (Å²) >= 11 is 0. The Kier molecular flexibility index (Phi) is 3.17. The summed E-state index contributed by atoms with van der Waals surface area (Å²) in [6, 6.07) is 8.49. The van der Waals surface area contributed by atoms with Crippen molar-refractivity contribution in [2.24, 2.45) is 0 Å². The molecule has 0 amide bonds. The molecular weight excluding hydrogens is 272 g/mol. The number of benzene rings is 1. The summed E-state index contributed by atoms with van der Waals surface area (Å²) in [6.07, 6.45) is 7.71. The van der Waals surface area contributed by atoms with E-state index in [1.165, 1.54) is 24.8 Å². The van der Waals surface area contributed by atoms with Crippen LogP contribution in [0.15, 0.2) is 29.1 Å². The Morgan fingerprint density at radius 3 is 2.73 bits per heavy atom. The fourth-order valence-corrected chi connectivity index (χ4v) is 4.39. The minimum atomic E-state index is 0.00872. The number of nitrogens with zero attached hydrogens (tertiary/aromatic N) is 1. The van der Waals surface area contributed by atoms with E-state index in [9.17, 15) is 4.79 Å². The van der Waals surface area contributed by atoms with Gasteiger partial charge in [-0.3, -0.25) is 4.79 Å². The Morgan fingerprint density at radius 1 is 1.18 bits per heavy atom. The lowest BCUT2D eigenvalue weighted by atomic mass is 9.62. The van der Waals surface area contributed by atoms with Gasteiger partial charge in [-0.05, 0) is 24.8 Å². The van der Waals surface area contributed by atoms with Crippen LogP contribution in [0.1, 0.15) is 56.0 Å². The minimum Gasteiger partial charge on any atom is -0.310 e. The van der Waals surface area contributed by atoms with Crippen molar-refractivity contribution in [2.75, 3.05) is 0 Å². The number of H-pyrrole nitrogens is 1. The monoisotopic (exact) mass is 294 g/mol. The lowest BCUT2D eigenvalue weighted by molar-refractivity contribution is 0.285. The molecule has 1 N–H and O–H groups in total. The van der Waals surface area contributed by atoms with Gasteiger partial charge in [0.1, 0.15) is 5.82 Å². The van der Waals surface area contributed by atoms with Crippen molar-refractivity contribution in [3.05, 3.63) is 51.6 Å². The normalized spacial score (nSPS) is 18.8. The van der Waals surface area contributed by atoms with Crippen molar-refractivity contribution < 1.29 is 0 Å². The average molecular weight is 294 g/mol. The van der Waals surface area contributed by atoms with Crippen LogP contribution < -0.4 is 5.56 Å². The van der Waals surface area contributed by atoms with Gasteiger partial charge in [-0.1, -0.05) is 50.5 Å². The zero-order valence-corrected chi connectivity index (χ0v) is 13.1. The second-order valence-electron chi connectivity index (χ2n) is 6.76. The van der Waals surface area contributed by atoms with Gasteiger partial charge in [0.15, 0.2) is 0 Å². The van der Waals surface area contributed by atoms with Crippen molar-refractivity contribution in [3.8, 4) is 11.3 Å². The molecule has 114 valence electrons. The topological polar surface area (TPSA) is 45.8 Å². The molecule has 0 atom stereocenters. The maximum Gasteiger partial charge on any atom is 0.255 e. The third kappa shape index (κ3) is 1.95. The van der Waals surface area contributed by atoms with E-state index >= 15 is 0 Å². The molecule has 1 saturated carbocycles. The highest BCUT2D eigenvalue weighted by atomic mass is 16.1. The summed E-state index contributed by atoms with van der Waals surface area (Å²) < 4.78 is 0. The molecule has 3 heteroatoms. The highest BCUT2D eigenvalue weighted by molar-refractivity contribution is 5.71. The summed E-state index contributed by atoms with van der Waals surface area (Å²) in [5.74, 6) is 0.798. The SMILES string of the molecule is CCc1nc2c(c(=O)[nH]1)C1(CCCCC1)Cc1ccccc1-2. The number of nitrogens with one attached hydrogen (secondary N) is 1. The zero-order valence-electron chi connectivity index (χ0n) is 13.1. The number of rotatable bonds is 1. The van der Waals surface area contributed by atoms with Crippen LogP contribution in [0.4, 0.5) is 0 Å². The Hall–Kier alpha value is -1.90. The number of hydrogen-bond acceptors (Lipinski definition) is 2. The number of hydrogen-bond donors (Lipinski definition) is 1. The molecule has 1 fully saturated rings. The van der Waals surface area contributed by atoms with E-state index in [-0.39, 0.29) is 11.0 Å². The second-order valence-corrected chi connectivity index (χ2v) is 6.76. The summed E-state index contributed by atoms with van der Waals surface area (Å²) in [7, 11) is 0. The summed E-state index contributed by atoms with van der Waals surface area (Å²) in [5.41, 5.74) is 4.53. The summed E-state index contributed by atoms with van der Waals surface area (Å²) in [5, 5.41) is 0. The second kappa shape index (κ2) is 5.08. The van der Waals surface area contributed by atoms with Gasteiger partial charge in [0.05, 0.1) is 11.3 Å². The summed E-state index contributed by atoms with van der Waals surface area (Å²) in [4.78, 5) is 20.7. The van der Waals surface area contributed by atoms with Crippen LogP contribution in [0.3, 0.4) is 0 Å². The van der Waals surface area contributed by atoms with Crippen molar-refractivity contribution in [2.45, 2.75) is 57.3 Å². The van der Waals surface area contributed by atoms with Crippen LogP contribution in [0, 0.1) is 0 Å². The maximum atomic E-state index is 12.8. The lowest BCUT2D eigenvalue weighted by Gasteiger charge is -2.41. The van der Waals surface area contributed by atoms with Gasteiger partial charge in [-0.2, -0.15) is 0 Å². The van der Waals surface area contributed by atoms with Crippen molar-refractivity contribution in [1.82, 2.24) is 9.97 Å². The van der Waals surface area contributed by atoms with Gasteiger partial charge in [0, 0.05) is 17.4 Å². The van der Waals surface area contributed by atoms with Crippen LogP contribution >= 0.6 is 0 Å². The third-order valence-corrected chi connectivity index (χ3v) is 5.45. The molecule has 1 spiro atoms. The average Bonchev–Trinajstić information content (AvgIpc) is 2.55. The minimum absolute atomic E-state index is 0.00872. The molecule has 22 heavy (non-hydrogen) atoms. The van der Waals surface area contributed by atoms with Crippen LogP contribution in [0.5, 0.6) is 0 Å². The molecule has 1 aromatic heterocycles. The van der Waals surface area contributed by atoms with Crippen LogP contribution in [-0.4, -0.2) is 9.97 Å². The molecule has 1 heterocycles. The van der Waals surface area contributed by atoms with Gasteiger partial charge < -0.3 is 4.98 Å². The zero-order chi connectivity index (χ0) is 15.2. The number of aryl methyl sites for hydroxylation is 1. The third-order valence-electron chi connectivity index (χ3n) is 5.45. The molecule has 2 aliphatic rings. The van der Waals surface area contributed by atoms with E-state index < -0.39 is 0 Å². The smallest absolute Gasteiger partial charge is 0.255 e. The first-order valence-electron chi connectivity index (χ1n) is 8.45. The quantitative estimate of drug-likeness (QED) is 0.870. The fourth-order valence-electron chi connectivity index (χ4n) is 4.39. The first-order valence-corrected chi connectivity index (χ1v) is 8.45. The van der Waals surface area contributed by atoms with Gasteiger partial charge >= 0.3 is 0 Å². The fraction of sp³-hybridized carbons (Fsp3) is 0.474. The molecule has 0 bridgehead atoms.